The molecule has 0 aliphatic heterocycles. The molecule has 0 saturated heterocycles. The molecular weight excluding hydrogens is 493 g/mol. The fraction of sp³-hybridized carbons (Fsp3) is 0.182. The zero-order valence-electron chi connectivity index (χ0n) is 18.7. The minimum atomic E-state index is -0.504. The first kappa shape index (κ1) is 24.3. The molecule has 4 rings (SSSR count). The third kappa shape index (κ3) is 6.00. The lowest BCUT2D eigenvalue weighted by Crippen LogP contribution is -2.25. The van der Waals surface area contributed by atoms with Gasteiger partial charge >= 0.3 is 0 Å². The van der Waals surface area contributed by atoms with Gasteiger partial charge in [0.15, 0.2) is 11.0 Å². The molecule has 4 aromatic rings. The van der Waals surface area contributed by atoms with E-state index in [0.717, 1.165) is 22.8 Å². The van der Waals surface area contributed by atoms with E-state index in [2.05, 4.69) is 31.0 Å². The number of amides is 2. The van der Waals surface area contributed by atoms with Gasteiger partial charge in [0.25, 0.3) is 5.91 Å². The number of para-hydroxylation sites is 2. The molecule has 0 spiro atoms. The Kier molecular flexibility index (Phi) is 7.67. The van der Waals surface area contributed by atoms with Gasteiger partial charge in [0.2, 0.25) is 11.0 Å². The molecular formula is C22H20FN7O3S2. The smallest absolute Gasteiger partial charge is 0.251 e. The van der Waals surface area contributed by atoms with Gasteiger partial charge in [-0.15, -0.1) is 20.4 Å². The SMILES string of the molecule is COc1ccccc1-n1c(CNC(=O)c2cccc(F)c2)nnc1SCC(=O)Nc1nnc(C)s1. The zero-order chi connectivity index (χ0) is 24.8. The lowest BCUT2D eigenvalue weighted by molar-refractivity contribution is -0.113. The molecule has 35 heavy (non-hydrogen) atoms. The van der Waals surface area contributed by atoms with Crippen LogP contribution in [-0.2, 0) is 11.3 Å². The van der Waals surface area contributed by atoms with Gasteiger partial charge in [0.1, 0.15) is 16.6 Å². The predicted molar refractivity (Wildman–Crippen MR) is 129 cm³/mol. The Bertz CT molecular complexity index is 1360. The first-order valence-corrected chi connectivity index (χ1v) is 12.1. The standard InChI is InChI=1S/C22H20FN7O3S2/c1-13-26-28-21(35-13)25-19(31)12-34-22-29-27-18(30(22)16-8-3-4-9-17(16)33-2)11-24-20(32)14-6-5-7-15(23)10-14/h3-10H,11-12H2,1-2H3,(H,24,32)(H,25,28,31). The van der Waals surface area contributed by atoms with Crippen molar-refractivity contribution in [3.8, 4) is 11.4 Å². The maximum Gasteiger partial charge on any atom is 0.251 e. The minimum Gasteiger partial charge on any atom is -0.495 e. The molecule has 0 unspecified atom stereocenters. The number of nitrogens with zero attached hydrogens (tertiary/aromatic N) is 5. The Morgan fingerprint density at radius 1 is 1.11 bits per heavy atom. The van der Waals surface area contributed by atoms with Gasteiger partial charge in [-0.3, -0.25) is 19.5 Å². The fourth-order valence-electron chi connectivity index (χ4n) is 3.09. The first-order chi connectivity index (χ1) is 16.9. The van der Waals surface area contributed by atoms with Crippen molar-refractivity contribution < 1.29 is 18.7 Å². The number of aromatic nitrogens is 5. The minimum absolute atomic E-state index is 0.0111. The lowest BCUT2D eigenvalue weighted by atomic mass is 10.2. The van der Waals surface area contributed by atoms with E-state index in [1.807, 2.05) is 18.2 Å². The molecule has 10 nitrogen and oxygen atoms in total. The van der Waals surface area contributed by atoms with Crippen LogP contribution in [0.5, 0.6) is 5.75 Å². The van der Waals surface area contributed by atoms with Gasteiger partial charge in [0, 0.05) is 5.56 Å². The van der Waals surface area contributed by atoms with Gasteiger partial charge in [0.05, 0.1) is 25.1 Å². The molecule has 0 radical (unpaired) electrons. The highest BCUT2D eigenvalue weighted by Crippen LogP contribution is 2.29. The summed E-state index contributed by atoms with van der Waals surface area (Å²) in [4.78, 5) is 24.9. The van der Waals surface area contributed by atoms with E-state index in [1.165, 1.54) is 29.5 Å². The van der Waals surface area contributed by atoms with Crippen LogP contribution < -0.4 is 15.4 Å². The summed E-state index contributed by atoms with van der Waals surface area (Å²) in [5.74, 6) is -0.235. The Balaban J connectivity index is 1.54. The fourth-order valence-corrected chi connectivity index (χ4v) is 4.46. The number of anilines is 1. The van der Waals surface area contributed by atoms with Gasteiger partial charge < -0.3 is 10.1 Å². The van der Waals surface area contributed by atoms with E-state index < -0.39 is 11.7 Å². The quantitative estimate of drug-likeness (QED) is 0.327. The number of methoxy groups -OCH3 is 1. The summed E-state index contributed by atoms with van der Waals surface area (Å²) in [5, 5.41) is 23.2. The summed E-state index contributed by atoms with van der Waals surface area (Å²) in [6, 6.07) is 12.6. The second-order valence-corrected chi connectivity index (χ2v) is 9.19. The third-order valence-electron chi connectivity index (χ3n) is 4.63. The number of hydrogen-bond acceptors (Lipinski definition) is 9. The number of carbonyl (C=O) groups is 2. The zero-order valence-corrected chi connectivity index (χ0v) is 20.3. The molecule has 0 aliphatic carbocycles. The van der Waals surface area contributed by atoms with E-state index in [1.54, 1.807) is 24.7 Å². The van der Waals surface area contributed by atoms with Crippen molar-refractivity contribution in [2.75, 3.05) is 18.2 Å². The number of aryl methyl sites for hydroxylation is 1. The second kappa shape index (κ2) is 11.1. The Morgan fingerprint density at radius 3 is 2.69 bits per heavy atom. The van der Waals surface area contributed by atoms with Crippen LogP contribution in [0.25, 0.3) is 5.69 Å². The van der Waals surface area contributed by atoms with Gasteiger partial charge in [-0.2, -0.15) is 0 Å². The summed E-state index contributed by atoms with van der Waals surface area (Å²) < 4.78 is 20.7. The van der Waals surface area contributed by atoms with Crippen molar-refractivity contribution in [3.05, 3.63) is 70.7 Å². The number of rotatable bonds is 9. The van der Waals surface area contributed by atoms with Crippen molar-refractivity contribution in [1.82, 2.24) is 30.3 Å². The normalized spacial score (nSPS) is 10.7. The van der Waals surface area contributed by atoms with Crippen molar-refractivity contribution >= 4 is 40.0 Å². The maximum atomic E-state index is 13.5. The third-order valence-corrected chi connectivity index (χ3v) is 6.31. The summed E-state index contributed by atoms with van der Waals surface area (Å²) in [6.07, 6.45) is 0. The van der Waals surface area contributed by atoms with Crippen LogP contribution in [-0.4, -0.2) is 49.6 Å². The highest BCUT2D eigenvalue weighted by molar-refractivity contribution is 7.99. The molecule has 13 heteroatoms. The molecule has 2 amide bonds. The average Bonchev–Trinajstić information content (AvgIpc) is 3.46. The topological polar surface area (TPSA) is 124 Å². The van der Waals surface area contributed by atoms with Gasteiger partial charge in [-0.25, -0.2) is 4.39 Å². The molecule has 2 N–H and O–H groups in total. The maximum absolute atomic E-state index is 13.5. The van der Waals surface area contributed by atoms with Crippen LogP contribution in [0.4, 0.5) is 9.52 Å². The predicted octanol–water partition coefficient (Wildman–Crippen LogP) is 3.24. The molecule has 0 bridgehead atoms. The molecule has 0 atom stereocenters. The molecule has 0 fully saturated rings. The summed E-state index contributed by atoms with van der Waals surface area (Å²) in [6.45, 7) is 1.81. The van der Waals surface area contributed by atoms with Crippen LogP contribution in [0.2, 0.25) is 0 Å². The van der Waals surface area contributed by atoms with E-state index in [9.17, 15) is 14.0 Å². The number of benzene rings is 2. The van der Waals surface area contributed by atoms with E-state index >= 15 is 0 Å². The summed E-state index contributed by atoms with van der Waals surface area (Å²) in [7, 11) is 1.54. The molecule has 2 aromatic carbocycles. The van der Waals surface area contributed by atoms with Crippen LogP contribution in [0.1, 0.15) is 21.2 Å². The molecule has 0 saturated carbocycles. The van der Waals surface area contributed by atoms with Gasteiger partial charge in [-0.05, 0) is 37.3 Å². The molecule has 2 heterocycles. The Morgan fingerprint density at radius 2 is 1.94 bits per heavy atom. The monoisotopic (exact) mass is 513 g/mol. The number of carbonyl (C=O) groups excluding carboxylic acids is 2. The van der Waals surface area contributed by atoms with Crippen molar-refractivity contribution in [2.45, 2.75) is 18.6 Å². The number of halogens is 1. The first-order valence-electron chi connectivity index (χ1n) is 10.3. The largest absolute Gasteiger partial charge is 0.495 e. The molecule has 2 aromatic heterocycles. The van der Waals surface area contributed by atoms with Crippen molar-refractivity contribution in [1.29, 1.82) is 0 Å². The number of ether oxygens (including phenoxy) is 1. The number of nitrogens with one attached hydrogen (secondary N) is 2. The highest BCUT2D eigenvalue weighted by atomic mass is 32.2. The lowest BCUT2D eigenvalue weighted by Gasteiger charge is -2.14. The second-order valence-electron chi connectivity index (χ2n) is 7.06. The highest BCUT2D eigenvalue weighted by Gasteiger charge is 2.20. The van der Waals surface area contributed by atoms with E-state index in [0.29, 0.717) is 27.5 Å². The Hall–Kier alpha value is -3.84. The average molecular weight is 514 g/mol. The molecule has 180 valence electrons. The Labute approximate surface area is 207 Å². The van der Waals surface area contributed by atoms with Crippen molar-refractivity contribution in [2.24, 2.45) is 0 Å². The van der Waals surface area contributed by atoms with Crippen LogP contribution in [0.15, 0.2) is 53.7 Å². The van der Waals surface area contributed by atoms with Gasteiger partial charge in [-0.1, -0.05) is 41.3 Å². The summed E-state index contributed by atoms with van der Waals surface area (Å²) in [5.41, 5.74) is 0.823. The van der Waals surface area contributed by atoms with Crippen LogP contribution in [0, 0.1) is 12.7 Å². The number of thioether (sulfide) groups is 1. The van der Waals surface area contributed by atoms with E-state index in [-0.39, 0.29) is 23.8 Å². The number of hydrogen-bond donors (Lipinski definition) is 2. The van der Waals surface area contributed by atoms with E-state index in [4.69, 9.17) is 4.74 Å². The molecule has 0 aliphatic rings. The summed E-state index contributed by atoms with van der Waals surface area (Å²) >= 11 is 2.44. The van der Waals surface area contributed by atoms with Crippen LogP contribution in [0.3, 0.4) is 0 Å². The van der Waals surface area contributed by atoms with Crippen molar-refractivity contribution in [3.63, 3.8) is 0 Å². The van der Waals surface area contributed by atoms with Crippen LogP contribution >= 0.6 is 23.1 Å².